The van der Waals surface area contributed by atoms with E-state index < -0.39 is 12.2 Å². The minimum Gasteiger partial charge on any atom is -0.399 e. The Kier molecular flexibility index (Phi) is 2.47. The number of nitrogens with two attached hydrogens (primary N) is 2. The van der Waals surface area contributed by atoms with E-state index in [-0.39, 0.29) is 11.3 Å². The average Bonchev–Trinajstić information content (AvgIpc) is 2.01. The molecule has 13 heavy (non-hydrogen) atoms. The summed E-state index contributed by atoms with van der Waals surface area (Å²) in [5, 5.41) is 0. The quantitative estimate of drug-likeness (QED) is 0.664. The number of benzene rings is 1. The lowest BCUT2D eigenvalue weighted by molar-refractivity contribution is -0.149. The van der Waals surface area contributed by atoms with Crippen LogP contribution in [0.1, 0.15) is 11.6 Å². The number of anilines is 1. The molecule has 0 unspecified atom stereocenters. The molecule has 2 nitrogen and oxygen atoms in total. The summed E-state index contributed by atoms with van der Waals surface area (Å²) in [4.78, 5) is 0. The van der Waals surface area contributed by atoms with Gasteiger partial charge in [0.25, 0.3) is 0 Å². The van der Waals surface area contributed by atoms with Gasteiger partial charge < -0.3 is 11.5 Å². The van der Waals surface area contributed by atoms with Crippen LogP contribution in [0.2, 0.25) is 0 Å². The molecular formula is C8H9F3N2. The van der Waals surface area contributed by atoms with Crippen LogP contribution in [0.4, 0.5) is 18.9 Å². The predicted molar refractivity (Wildman–Crippen MR) is 43.8 cm³/mol. The predicted octanol–water partition coefficient (Wildman–Crippen LogP) is 1.83. The van der Waals surface area contributed by atoms with Gasteiger partial charge in [0.2, 0.25) is 0 Å². The Morgan fingerprint density at radius 3 is 2.31 bits per heavy atom. The number of nitrogen functional groups attached to an aromatic ring is 1. The zero-order valence-corrected chi connectivity index (χ0v) is 6.68. The lowest BCUT2D eigenvalue weighted by Gasteiger charge is -2.15. The molecule has 0 radical (unpaired) electrons. The molecule has 0 saturated heterocycles. The Hall–Kier alpha value is -1.23. The number of alkyl halides is 3. The van der Waals surface area contributed by atoms with Crippen molar-refractivity contribution < 1.29 is 13.2 Å². The second-order valence-corrected chi connectivity index (χ2v) is 2.69. The molecule has 0 heterocycles. The van der Waals surface area contributed by atoms with Crippen LogP contribution in [-0.4, -0.2) is 6.18 Å². The smallest absolute Gasteiger partial charge is 0.399 e. The summed E-state index contributed by atoms with van der Waals surface area (Å²) in [6.45, 7) is 0. The second-order valence-electron chi connectivity index (χ2n) is 2.69. The van der Waals surface area contributed by atoms with E-state index in [2.05, 4.69) is 0 Å². The molecule has 0 saturated carbocycles. The zero-order chi connectivity index (χ0) is 10.1. The third kappa shape index (κ3) is 2.35. The van der Waals surface area contributed by atoms with E-state index in [4.69, 9.17) is 11.5 Å². The van der Waals surface area contributed by atoms with Crippen LogP contribution < -0.4 is 11.5 Å². The van der Waals surface area contributed by atoms with E-state index in [1.54, 1.807) is 0 Å². The topological polar surface area (TPSA) is 52.0 Å². The fourth-order valence-electron chi connectivity index (χ4n) is 0.941. The van der Waals surface area contributed by atoms with Gasteiger partial charge in [0.05, 0.1) is 0 Å². The summed E-state index contributed by atoms with van der Waals surface area (Å²) >= 11 is 0. The molecule has 0 fully saturated rings. The molecule has 5 heteroatoms. The first-order valence-corrected chi connectivity index (χ1v) is 3.59. The van der Waals surface area contributed by atoms with Gasteiger partial charge in [-0.3, -0.25) is 0 Å². The summed E-state index contributed by atoms with van der Waals surface area (Å²) in [5.74, 6) is 0. The summed E-state index contributed by atoms with van der Waals surface area (Å²) < 4.78 is 36.3. The van der Waals surface area contributed by atoms with Crippen molar-refractivity contribution in [3.8, 4) is 0 Å². The molecule has 72 valence electrons. The normalized spacial score (nSPS) is 14.2. The fraction of sp³-hybridized carbons (Fsp3) is 0.250. The van der Waals surface area contributed by atoms with Crippen molar-refractivity contribution in [3.63, 3.8) is 0 Å². The Balaban J connectivity index is 2.96. The van der Waals surface area contributed by atoms with Crippen LogP contribution in [0.15, 0.2) is 24.3 Å². The van der Waals surface area contributed by atoms with E-state index in [1.165, 1.54) is 24.3 Å². The van der Waals surface area contributed by atoms with Crippen LogP contribution >= 0.6 is 0 Å². The maximum atomic E-state index is 12.1. The minimum atomic E-state index is -4.42. The van der Waals surface area contributed by atoms with Crippen molar-refractivity contribution in [2.24, 2.45) is 5.73 Å². The molecule has 1 rings (SSSR count). The first-order valence-electron chi connectivity index (χ1n) is 3.59. The van der Waals surface area contributed by atoms with Gasteiger partial charge in [-0.15, -0.1) is 0 Å². The van der Waals surface area contributed by atoms with E-state index >= 15 is 0 Å². The summed E-state index contributed by atoms with van der Waals surface area (Å²) in [5.41, 5.74) is 10.5. The van der Waals surface area contributed by atoms with Crippen LogP contribution in [0.5, 0.6) is 0 Å². The minimum absolute atomic E-state index is 0.0208. The van der Waals surface area contributed by atoms with Crippen LogP contribution in [0.3, 0.4) is 0 Å². The van der Waals surface area contributed by atoms with Gasteiger partial charge in [0, 0.05) is 5.69 Å². The van der Waals surface area contributed by atoms with Gasteiger partial charge in [0.15, 0.2) is 0 Å². The van der Waals surface area contributed by atoms with Crippen molar-refractivity contribution in [3.05, 3.63) is 29.8 Å². The highest BCUT2D eigenvalue weighted by atomic mass is 19.4. The number of hydrogen-bond acceptors (Lipinski definition) is 2. The van der Waals surface area contributed by atoms with Crippen molar-refractivity contribution in [2.75, 3.05) is 5.73 Å². The lowest BCUT2D eigenvalue weighted by Crippen LogP contribution is -2.28. The Bertz CT molecular complexity index is 296. The molecule has 0 aliphatic heterocycles. The number of rotatable bonds is 1. The highest BCUT2D eigenvalue weighted by Crippen LogP contribution is 2.30. The number of hydrogen-bond donors (Lipinski definition) is 2. The van der Waals surface area contributed by atoms with Crippen molar-refractivity contribution >= 4 is 5.69 Å². The molecule has 1 aromatic carbocycles. The molecule has 0 spiro atoms. The first kappa shape index (κ1) is 9.85. The Morgan fingerprint density at radius 1 is 1.23 bits per heavy atom. The summed E-state index contributed by atoms with van der Waals surface area (Å²) in [6.07, 6.45) is -4.42. The van der Waals surface area contributed by atoms with E-state index in [1.807, 2.05) is 0 Å². The average molecular weight is 190 g/mol. The molecule has 0 aliphatic rings. The van der Waals surface area contributed by atoms with E-state index in [0.29, 0.717) is 0 Å². The van der Waals surface area contributed by atoms with Gasteiger partial charge in [-0.2, -0.15) is 13.2 Å². The van der Waals surface area contributed by atoms with Gasteiger partial charge in [-0.25, -0.2) is 0 Å². The zero-order valence-electron chi connectivity index (χ0n) is 6.68. The van der Waals surface area contributed by atoms with Crippen LogP contribution in [0, 0.1) is 0 Å². The van der Waals surface area contributed by atoms with E-state index in [0.717, 1.165) is 0 Å². The molecular weight excluding hydrogens is 181 g/mol. The molecule has 1 atom stereocenters. The Labute approximate surface area is 73.3 Å². The van der Waals surface area contributed by atoms with Crippen molar-refractivity contribution in [1.29, 1.82) is 0 Å². The van der Waals surface area contributed by atoms with Gasteiger partial charge in [-0.1, -0.05) is 12.1 Å². The number of halogens is 3. The summed E-state index contributed by atoms with van der Waals surface area (Å²) in [6, 6.07) is 3.51. The molecule has 0 aliphatic carbocycles. The highest BCUT2D eigenvalue weighted by molar-refractivity contribution is 5.41. The molecule has 4 N–H and O–H groups in total. The van der Waals surface area contributed by atoms with Crippen molar-refractivity contribution in [2.45, 2.75) is 12.2 Å². The molecule has 1 aromatic rings. The van der Waals surface area contributed by atoms with Crippen LogP contribution in [-0.2, 0) is 0 Å². The highest BCUT2D eigenvalue weighted by Gasteiger charge is 2.37. The molecule has 0 aromatic heterocycles. The van der Waals surface area contributed by atoms with Gasteiger partial charge in [0.1, 0.15) is 6.04 Å². The fourth-order valence-corrected chi connectivity index (χ4v) is 0.941. The van der Waals surface area contributed by atoms with Gasteiger partial charge in [-0.05, 0) is 17.7 Å². The van der Waals surface area contributed by atoms with Crippen LogP contribution in [0.25, 0.3) is 0 Å². The first-order chi connectivity index (χ1) is 5.91. The SMILES string of the molecule is Nc1cccc([C@H](N)C(F)(F)F)c1. The van der Waals surface area contributed by atoms with Crippen molar-refractivity contribution in [1.82, 2.24) is 0 Å². The molecule has 0 bridgehead atoms. The largest absolute Gasteiger partial charge is 0.407 e. The maximum absolute atomic E-state index is 12.1. The lowest BCUT2D eigenvalue weighted by atomic mass is 10.1. The molecule has 0 amide bonds. The Morgan fingerprint density at radius 2 is 1.85 bits per heavy atom. The monoisotopic (exact) mass is 190 g/mol. The third-order valence-corrected chi connectivity index (χ3v) is 1.62. The standard InChI is InChI=1S/C8H9F3N2/c9-8(10,11)7(13)5-2-1-3-6(12)4-5/h1-4,7H,12-13H2/t7-/m0/s1. The summed E-state index contributed by atoms with van der Waals surface area (Å²) in [7, 11) is 0. The second kappa shape index (κ2) is 3.26. The van der Waals surface area contributed by atoms with Gasteiger partial charge >= 0.3 is 6.18 Å². The third-order valence-electron chi connectivity index (χ3n) is 1.62. The maximum Gasteiger partial charge on any atom is 0.407 e. The van der Waals surface area contributed by atoms with E-state index in [9.17, 15) is 13.2 Å².